The predicted octanol–water partition coefficient (Wildman–Crippen LogP) is 5.13. The van der Waals surface area contributed by atoms with Gasteiger partial charge in [0, 0.05) is 31.3 Å². The fourth-order valence-corrected chi connectivity index (χ4v) is 3.73. The maximum absolute atomic E-state index is 11.3. The smallest absolute Gasteiger partial charge is 0.271 e. The molecule has 1 radical (unpaired) electrons. The molecule has 0 aliphatic carbocycles. The Labute approximate surface area is 161 Å². The van der Waals surface area contributed by atoms with E-state index in [9.17, 15) is 10.1 Å². The lowest BCUT2D eigenvalue weighted by molar-refractivity contribution is -0.384. The highest BCUT2D eigenvalue weighted by Crippen LogP contribution is 2.36. The molecule has 1 fully saturated rings. The maximum Gasteiger partial charge on any atom is 0.271 e. The highest BCUT2D eigenvalue weighted by Gasteiger charge is 2.35. The molecule has 2 heterocycles. The Morgan fingerprint density at radius 1 is 1.37 bits per heavy atom. The Kier molecular flexibility index (Phi) is 5.27. The third-order valence-electron chi connectivity index (χ3n) is 5.08. The van der Waals surface area contributed by atoms with Crippen LogP contribution >= 0.6 is 0 Å². The van der Waals surface area contributed by atoms with Gasteiger partial charge < -0.3 is 9.47 Å². The molecule has 0 spiro atoms. The summed E-state index contributed by atoms with van der Waals surface area (Å²) in [6.45, 7) is 12.5. The molecule has 1 saturated heterocycles. The quantitative estimate of drug-likeness (QED) is 0.426. The minimum Gasteiger partial charge on any atom is -0.338 e. The Morgan fingerprint density at radius 2 is 2.11 bits per heavy atom. The van der Waals surface area contributed by atoms with Crippen molar-refractivity contribution in [3.05, 3.63) is 46.4 Å². The van der Waals surface area contributed by atoms with Gasteiger partial charge in [-0.3, -0.25) is 10.1 Å². The number of imidazole rings is 1. The van der Waals surface area contributed by atoms with Gasteiger partial charge in [0.05, 0.1) is 16.0 Å². The number of nitrogens with zero attached hydrogens (tertiary/aromatic N) is 4. The van der Waals surface area contributed by atoms with Gasteiger partial charge in [0.25, 0.3) is 5.69 Å². The first-order valence-electron chi connectivity index (χ1n) is 9.56. The van der Waals surface area contributed by atoms with Crippen molar-refractivity contribution in [2.45, 2.75) is 60.0 Å². The van der Waals surface area contributed by atoms with Gasteiger partial charge >= 0.3 is 0 Å². The van der Waals surface area contributed by atoms with Crippen LogP contribution in [0.1, 0.15) is 47.5 Å². The predicted molar refractivity (Wildman–Crippen MR) is 110 cm³/mol. The number of aromatic nitrogens is 2. The minimum absolute atomic E-state index is 0.0892. The number of nitro benzene ring substituents is 1. The van der Waals surface area contributed by atoms with Gasteiger partial charge in [-0.05, 0) is 44.6 Å². The molecular formula is C21H29N4O2. The fourth-order valence-electron chi connectivity index (χ4n) is 3.73. The molecule has 145 valence electrons. The normalized spacial score (nSPS) is 18.0. The van der Waals surface area contributed by atoms with Crippen LogP contribution in [0.2, 0.25) is 0 Å². The van der Waals surface area contributed by atoms with Crippen LogP contribution in [-0.2, 0) is 6.54 Å². The highest BCUT2D eigenvalue weighted by atomic mass is 16.6. The van der Waals surface area contributed by atoms with Gasteiger partial charge in [0.15, 0.2) is 0 Å². The van der Waals surface area contributed by atoms with Crippen LogP contribution in [-0.4, -0.2) is 27.1 Å². The lowest BCUT2D eigenvalue weighted by Gasteiger charge is -2.43. The molecule has 1 aliphatic heterocycles. The molecule has 0 N–H and O–H groups in total. The number of non-ortho nitro benzene ring substituents is 1. The molecule has 1 aromatic heterocycles. The van der Waals surface area contributed by atoms with Gasteiger partial charge in [0.2, 0.25) is 5.95 Å². The monoisotopic (exact) mass is 369 g/mol. The minimum atomic E-state index is -0.343. The van der Waals surface area contributed by atoms with E-state index in [1.165, 1.54) is 11.6 Å². The van der Waals surface area contributed by atoms with Gasteiger partial charge in [-0.1, -0.05) is 32.4 Å². The molecule has 0 saturated carbocycles. The zero-order valence-corrected chi connectivity index (χ0v) is 16.9. The Balaban J connectivity index is 2.16. The molecule has 0 bridgehead atoms. The summed E-state index contributed by atoms with van der Waals surface area (Å²) in [4.78, 5) is 18.2. The first-order chi connectivity index (χ1) is 12.7. The van der Waals surface area contributed by atoms with E-state index in [4.69, 9.17) is 4.98 Å². The molecule has 0 amide bonds. The van der Waals surface area contributed by atoms with Crippen LogP contribution in [0.15, 0.2) is 29.8 Å². The molecule has 2 aromatic rings. The summed E-state index contributed by atoms with van der Waals surface area (Å²) in [6, 6.07) is 5.22. The van der Waals surface area contributed by atoms with Crippen LogP contribution < -0.4 is 4.90 Å². The third kappa shape index (κ3) is 3.99. The van der Waals surface area contributed by atoms with Crippen molar-refractivity contribution in [3.8, 4) is 0 Å². The molecular weight excluding hydrogens is 340 g/mol. The molecule has 6 nitrogen and oxygen atoms in total. The first-order valence-corrected chi connectivity index (χ1v) is 9.56. The van der Waals surface area contributed by atoms with E-state index < -0.39 is 0 Å². The molecule has 1 atom stereocenters. The summed E-state index contributed by atoms with van der Waals surface area (Å²) in [5, 5.41) is 11.3. The number of allylic oxidation sites excluding steroid dienone is 2. The fraction of sp³-hybridized carbons (Fsp3) is 0.524. The summed E-state index contributed by atoms with van der Waals surface area (Å²) >= 11 is 0. The summed E-state index contributed by atoms with van der Waals surface area (Å²) in [7, 11) is 0. The van der Waals surface area contributed by atoms with E-state index >= 15 is 0 Å². The van der Waals surface area contributed by atoms with Crippen molar-refractivity contribution < 1.29 is 4.92 Å². The lowest BCUT2D eigenvalue weighted by Crippen LogP contribution is -2.48. The van der Waals surface area contributed by atoms with Crippen LogP contribution in [0.5, 0.6) is 0 Å². The zero-order valence-electron chi connectivity index (χ0n) is 16.9. The third-order valence-corrected chi connectivity index (χ3v) is 5.08. The van der Waals surface area contributed by atoms with Crippen molar-refractivity contribution in [1.82, 2.24) is 9.55 Å². The second-order valence-corrected chi connectivity index (χ2v) is 8.62. The number of benzene rings is 1. The highest BCUT2D eigenvalue weighted by molar-refractivity contribution is 5.81. The van der Waals surface area contributed by atoms with E-state index in [0.29, 0.717) is 6.54 Å². The Bertz CT molecular complexity index is 872. The van der Waals surface area contributed by atoms with Gasteiger partial charge in [0.1, 0.15) is 0 Å². The summed E-state index contributed by atoms with van der Waals surface area (Å²) in [6.07, 6.45) is 6.73. The maximum atomic E-state index is 11.3. The second kappa shape index (κ2) is 7.33. The van der Waals surface area contributed by atoms with Crippen LogP contribution in [0.4, 0.5) is 11.6 Å². The first kappa shape index (κ1) is 19.4. The molecule has 1 aromatic carbocycles. The largest absolute Gasteiger partial charge is 0.338 e. The lowest BCUT2D eigenvalue weighted by atomic mass is 9.81. The Hall–Kier alpha value is -2.37. The average Bonchev–Trinajstić information content (AvgIpc) is 2.96. The summed E-state index contributed by atoms with van der Waals surface area (Å²) in [5.41, 5.74) is 3.02. The van der Waals surface area contributed by atoms with Gasteiger partial charge in [-0.15, -0.1) is 0 Å². The molecule has 1 aliphatic rings. The van der Waals surface area contributed by atoms with E-state index in [0.717, 1.165) is 36.4 Å². The van der Waals surface area contributed by atoms with Crippen molar-refractivity contribution in [2.75, 3.05) is 11.4 Å². The van der Waals surface area contributed by atoms with Crippen molar-refractivity contribution in [3.63, 3.8) is 0 Å². The average molecular weight is 369 g/mol. The van der Waals surface area contributed by atoms with Gasteiger partial charge in [-0.2, -0.15) is 0 Å². The summed E-state index contributed by atoms with van der Waals surface area (Å²) in [5.74, 6) is 0.902. The van der Waals surface area contributed by atoms with E-state index in [-0.39, 0.29) is 22.1 Å². The van der Waals surface area contributed by atoms with Crippen LogP contribution in [0.25, 0.3) is 11.0 Å². The van der Waals surface area contributed by atoms with E-state index in [1.807, 2.05) is 0 Å². The summed E-state index contributed by atoms with van der Waals surface area (Å²) < 4.78 is 2.12. The SMILES string of the molecule is CC(C)=CCn1c(N2CCC[CH][C@@H]2C(C)(C)C)nc2ccc([N+](=O)[O-])cc21. The number of rotatable bonds is 4. The molecule has 0 unspecified atom stereocenters. The van der Waals surface area contributed by atoms with Crippen LogP contribution in [0.3, 0.4) is 0 Å². The number of nitro groups is 1. The molecule has 3 rings (SSSR count). The van der Waals surface area contributed by atoms with Crippen LogP contribution in [0, 0.1) is 22.0 Å². The number of fused-ring (bicyclic) bond motifs is 1. The topological polar surface area (TPSA) is 64.2 Å². The standard InChI is InChI=1S/C21H29N4O2/c1-15(2)11-13-23-18-14-16(25(26)27)9-10-17(18)22-20(23)24-12-7-6-8-19(24)21(3,4)5/h8-11,14,19H,6-7,12-13H2,1-5H3/t19-/m1/s1. The van der Waals surface area contributed by atoms with E-state index in [2.05, 4.69) is 56.6 Å². The van der Waals surface area contributed by atoms with Crippen molar-refractivity contribution >= 4 is 22.7 Å². The molecule has 6 heteroatoms. The van der Waals surface area contributed by atoms with Crippen molar-refractivity contribution in [1.29, 1.82) is 0 Å². The number of piperidine rings is 1. The number of hydrogen-bond acceptors (Lipinski definition) is 4. The van der Waals surface area contributed by atoms with Crippen molar-refractivity contribution in [2.24, 2.45) is 5.41 Å². The Morgan fingerprint density at radius 3 is 2.74 bits per heavy atom. The number of anilines is 1. The number of hydrogen-bond donors (Lipinski definition) is 0. The molecule has 27 heavy (non-hydrogen) atoms. The van der Waals surface area contributed by atoms with E-state index in [1.54, 1.807) is 12.1 Å². The second-order valence-electron chi connectivity index (χ2n) is 8.62. The zero-order chi connectivity index (χ0) is 19.8. The van der Waals surface area contributed by atoms with Gasteiger partial charge in [-0.25, -0.2) is 4.98 Å².